The predicted molar refractivity (Wildman–Crippen MR) is 39.8 cm³/mol. The molecule has 3 heteroatoms. The van der Waals surface area contributed by atoms with Crippen molar-refractivity contribution in [1.29, 1.82) is 0 Å². The molecule has 0 spiro atoms. The lowest BCUT2D eigenvalue weighted by molar-refractivity contribution is -0.114. The van der Waals surface area contributed by atoms with Crippen molar-refractivity contribution in [2.24, 2.45) is 0 Å². The van der Waals surface area contributed by atoms with Gasteiger partial charge in [0.25, 0.3) is 0 Å². The number of amides is 1. The van der Waals surface area contributed by atoms with Crippen molar-refractivity contribution in [2.45, 2.75) is 13.8 Å². The molecule has 1 aromatic rings. The zero-order chi connectivity index (χ0) is 7.56. The minimum absolute atomic E-state index is 0.0392. The Morgan fingerprint density at radius 3 is 2.80 bits per heavy atom. The van der Waals surface area contributed by atoms with Gasteiger partial charge >= 0.3 is 0 Å². The first-order valence-corrected chi connectivity index (χ1v) is 3.11. The van der Waals surface area contributed by atoms with Crippen LogP contribution in [0.4, 0.5) is 5.69 Å². The van der Waals surface area contributed by atoms with Crippen LogP contribution in [-0.4, -0.2) is 10.9 Å². The molecule has 0 radical (unpaired) electrons. The van der Waals surface area contributed by atoms with Crippen molar-refractivity contribution in [2.75, 3.05) is 5.32 Å². The number of aryl methyl sites for hydroxylation is 1. The number of H-pyrrole nitrogens is 1. The van der Waals surface area contributed by atoms with Gasteiger partial charge in [-0.3, -0.25) is 4.79 Å². The zero-order valence-corrected chi connectivity index (χ0v) is 6.06. The average Bonchev–Trinajstić information content (AvgIpc) is 2.15. The summed E-state index contributed by atoms with van der Waals surface area (Å²) in [5, 5.41) is 2.68. The fourth-order valence-corrected chi connectivity index (χ4v) is 0.778. The maximum absolute atomic E-state index is 10.5. The van der Waals surface area contributed by atoms with Crippen molar-refractivity contribution < 1.29 is 4.79 Å². The van der Waals surface area contributed by atoms with Gasteiger partial charge < -0.3 is 10.3 Å². The first-order chi connectivity index (χ1) is 4.70. The molecule has 0 saturated heterocycles. The van der Waals surface area contributed by atoms with Crippen LogP contribution in [0.5, 0.6) is 0 Å². The molecule has 1 amide bonds. The summed E-state index contributed by atoms with van der Waals surface area (Å²) in [5.41, 5.74) is 1.84. The minimum Gasteiger partial charge on any atom is -0.363 e. The maximum Gasteiger partial charge on any atom is 0.221 e. The Morgan fingerprint density at radius 1 is 1.70 bits per heavy atom. The van der Waals surface area contributed by atoms with Gasteiger partial charge in [-0.05, 0) is 13.0 Å². The second-order valence-corrected chi connectivity index (χ2v) is 2.20. The van der Waals surface area contributed by atoms with Gasteiger partial charge in [-0.15, -0.1) is 0 Å². The number of nitrogens with one attached hydrogen (secondary N) is 2. The number of carbonyl (C=O) groups is 1. The highest BCUT2D eigenvalue weighted by Gasteiger charge is 1.98. The molecule has 0 aliphatic rings. The summed E-state index contributed by atoms with van der Waals surface area (Å²) in [7, 11) is 0. The lowest BCUT2D eigenvalue weighted by Crippen LogP contribution is -2.05. The minimum atomic E-state index is -0.0392. The van der Waals surface area contributed by atoms with E-state index in [1.165, 1.54) is 6.92 Å². The largest absolute Gasteiger partial charge is 0.363 e. The van der Waals surface area contributed by atoms with E-state index in [1.54, 1.807) is 6.20 Å². The Kier molecular flexibility index (Phi) is 1.76. The summed E-state index contributed by atoms with van der Waals surface area (Å²) in [6, 6.07) is 1.83. The second-order valence-electron chi connectivity index (χ2n) is 2.20. The molecule has 1 heterocycles. The van der Waals surface area contributed by atoms with Crippen LogP contribution in [0.1, 0.15) is 12.6 Å². The van der Waals surface area contributed by atoms with E-state index in [-0.39, 0.29) is 5.91 Å². The highest BCUT2D eigenvalue weighted by molar-refractivity contribution is 5.89. The van der Waals surface area contributed by atoms with E-state index in [1.807, 2.05) is 13.0 Å². The monoisotopic (exact) mass is 138 g/mol. The molecule has 0 aromatic carbocycles. The Morgan fingerprint density at radius 2 is 2.40 bits per heavy atom. The van der Waals surface area contributed by atoms with Gasteiger partial charge in [0.05, 0.1) is 5.69 Å². The molecule has 0 fully saturated rings. The molecule has 0 aliphatic heterocycles. The van der Waals surface area contributed by atoms with E-state index in [9.17, 15) is 4.79 Å². The summed E-state index contributed by atoms with van der Waals surface area (Å²) >= 11 is 0. The number of carbonyl (C=O) groups excluding carboxylic acids is 1. The summed E-state index contributed by atoms with van der Waals surface area (Å²) in [4.78, 5) is 13.5. The smallest absolute Gasteiger partial charge is 0.221 e. The first-order valence-electron chi connectivity index (χ1n) is 3.11. The Labute approximate surface area is 59.4 Å². The third-order valence-electron chi connectivity index (χ3n) is 1.26. The number of aromatic amines is 1. The van der Waals surface area contributed by atoms with Gasteiger partial charge in [0.15, 0.2) is 0 Å². The molecule has 2 N–H and O–H groups in total. The third-order valence-corrected chi connectivity index (χ3v) is 1.26. The topological polar surface area (TPSA) is 44.9 Å². The van der Waals surface area contributed by atoms with Crippen LogP contribution in [-0.2, 0) is 4.79 Å². The van der Waals surface area contributed by atoms with Gasteiger partial charge in [0, 0.05) is 18.8 Å². The predicted octanol–water partition coefficient (Wildman–Crippen LogP) is 1.28. The van der Waals surface area contributed by atoms with E-state index >= 15 is 0 Å². The van der Waals surface area contributed by atoms with Crippen LogP contribution in [0.25, 0.3) is 0 Å². The van der Waals surface area contributed by atoms with Crippen LogP contribution in [0, 0.1) is 6.92 Å². The molecule has 0 saturated carbocycles. The van der Waals surface area contributed by atoms with Crippen molar-refractivity contribution in [3.63, 3.8) is 0 Å². The fourth-order valence-electron chi connectivity index (χ4n) is 0.778. The Bertz CT molecular complexity index is 240. The van der Waals surface area contributed by atoms with Crippen LogP contribution in [0.3, 0.4) is 0 Å². The molecule has 10 heavy (non-hydrogen) atoms. The van der Waals surface area contributed by atoms with Gasteiger partial charge in [-0.1, -0.05) is 0 Å². The molecular weight excluding hydrogens is 128 g/mol. The molecule has 3 nitrogen and oxygen atoms in total. The second kappa shape index (κ2) is 2.56. The summed E-state index contributed by atoms with van der Waals surface area (Å²) in [6.07, 6.45) is 1.79. The summed E-state index contributed by atoms with van der Waals surface area (Å²) in [6.45, 7) is 3.40. The maximum atomic E-state index is 10.5. The van der Waals surface area contributed by atoms with E-state index in [4.69, 9.17) is 0 Å². The van der Waals surface area contributed by atoms with E-state index in [2.05, 4.69) is 10.3 Å². The Hall–Kier alpha value is -1.25. The van der Waals surface area contributed by atoms with Crippen LogP contribution in [0.15, 0.2) is 12.3 Å². The number of anilines is 1. The molecule has 0 bridgehead atoms. The molecule has 1 aromatic heterocycles. The van der Waals surface area contributed by atoms with Crippen molar-refractivity contribution in [1.82, 2.24) is 4.98 Å². The summed E-state index contributed by atoms with van der Waals surface area (Å²) in [5.74, 6) is -0.0392. The molecule has 54 valence electrons. The third kappa shape index (κ3) is 1.37. The van der Waals surface area contributed by atoms with E-state index in [0.29, 0.717) is 0 Å². The molecule has 0 unspecified atom stereocenters. The van der Waals surface area contributed by atoms with Gasteiger partial charge in [0.1, 0.15) is 0 Å². The number of aromatic nitrogens is 1. The van der Waals surface area contributed by atoms with Crippen molar-refractivity contribution in [3.05, 3.63) is 18.0 Å². The Balaban J connectivity index is 2.74. The highest BCUT2D eigenvalue weighted by atomic mass is 16.1. The number of rotatable bonds is 1. The van der Waals surface area contributed by atoms with Gasteiger partial charge in [-0.25, -0.2) is 0 Å². The van der Waals surface area contributed by atoms with Crippen LogP contribution >= 0.6 is 0 Å². The molecule has 0 atom stereocenters. The quantitative estimate of drug-likeness (QED) is 0.603. The van der Waals surface area contributed by atoms with E-state index in [0.717, 1.165) is 11.4 Å². The zero-order valence-electron chi connectivity index (χ0n) is 6.06. The molecular formula is C7H10N2O. The standard InChI is InChI=1S/C7H10N2O/c1-5-7(3-4-8-5)9-6(2)10/h3-4,8H,1-2H3,(H,9,10). The van der Waals surface area contributed by atoms with E-state index < -0.39 is 0 Å². The number of hydrogen-bond acceptors (Lipinski definition) is 1. The lowest BCUT2D eigenvalue weighted by atomic mass is 10.4. The SMILES string of the molecule is CC(=O)Nc1cc[nH]c1C. The average molecular weight is 138 g/mol. The van der Waals surface area contributed by atoms with Crippen molar-refractivity contribution in [3.8, 4) is 0 Å². The number of hydrogen-bond donors (Lipinski definition) is 2. The first kappa shape index (κ1) is 6.86. The highest BCUT2D eigenvalue weighted by Crippen LogP contribution is 2.10. The van der Waals surface area contributed by atoms with Crippen LogP contribution in [0.2, 0.25) is 0 Å². The normalized spacial score (nSPS) is 9.40. The van der Waals surface area contributed by atoms with Crippen LogP contribution < -0.4 is 5.32 Å². The fraction of sp³-hybridized carbons (Fsp3) is 0.286. The molecule has 0 aliphatic carbocycles. The van der Waals surface area contributed by atoms with Gasteiger partial charge in [-0.2, -0.15) is 0 Å². The molecule has 1 rings (SSSR count). The van der Waals surface area contributed by atoms with Gasteiger partial charge in [0.2, 0.25) is 5.91 Å². The summed E-state index contributed by atoms with van der Waals surface area (Å²) < 4.78 is 0. The van der Waals surface area contributed by atoms with Crippen molar-refractivity contribution >= 4 is 11.6 Å². The lowest BCUT2D eigenvalue weighted by Gasteiger charge is -1.97.